The van der Waals surface area contributed by atoms with Gasteiger partial charge in [-0.25, -0.2) is 4.79 Å². The van der Waals surface area contributed by atoms with Crippen LogP contribution in [0.1, 0.15) is 50.6 Å². The lowest BCUT2D eigenvalue weighted by Gasteiger charge is -2.56. The third-order valence-corrected chi connectivity index (χ3v) is 6.90. The fraction of sp³-hybridized carbons (Fsp3) is 0.765. The summed E-state index contributed by atoms with van der Waals surface area (Å²) in [5.41, 5.74) is 0.436. The molecule has 0 atom stereocenters. The van der Waals surface area contributed by atoms with E-state index in [0.717, 1.165) is 48.5 Å². The van der Waals surface area contributed by atoms with Crippen LogP contribution in [0.3, 0.4) is 0 Å². The first-order chi connectivity index (χ1) is 12.5. The number of nitrogens with one attached hydrogen (secondary N) is 2. The van der Waals surface area contributed by atoms with Crippen molar-refractivity contribution in [3.8, 4) is 0 Å². The number of halogens is 1. The first kappa shape index (κ1) is 18.0. The Morgan fingerprint density at radius 3 is 2.42 bits per heavy atom. The van der Waals surface area contributed by atoms with E-state index in [1.165, 1.54) is 19.3 Å². The van der Waals surface area contributed by atoms with Gasteiger partial charge in [0.1, 0.15) is 16.6 Å². The highest BCUT2D eigenvalue weighted by Gasteiger charge is 2.51. The lowest BCUT2D eigenvalue weighted by molar-refractivity contribution is -0.144. The van der Waals surface area contributed by atoms with Crippen LogP contribution in [-0.4, -0.2) is 33.7 Å². The number of nitrogens with zero attached hydrogens (tertiary/aromatic N) is 2. The van der Waals surface area contributed by atoms with E-state index in [2.05, 4.69) is 20.2 Å². The third-order valence-electron chi connectivity index (χ3n) is 5.91. The Balaban J connectivity index is 1.18. The molecule has 0 aromatic carbocycles. The number of hydrogen-bond donors (Lipinski definition) is 2. The van der Waals surface area contributed by atoms with Gasteiger partial charge in [0.05, 0.1) is 6.42 Å². The van der Waals surface area contributed by atoms with E-state index < -0.39 is 5.97 Å². The summed E-state index contributed by atoms with van der Waals surface area (Å²) >= 11 is 6.91. The van der Waals surface area contributed by atoms with Crippen LogP contribution in [0, 0.1) is 17.8 Å². The van der Waals surface area contributed by atoms with Gasteiger partial charge in [0.2, 0.25) is 0 Å². The number of urea groups is 1. The Hall–Kier alpha value is -1.41. The van der Waals surface area contributed by atoms with Crippen molar-refractivity contribution in [2.24, 2.45) is 17.8 Å². The number of ether oxygens (including phenoxy) is 1. The first-order valence-electron chi connectivity index (χ1n) is 9.20. The molecule has 2 amide bonds. The molecule has 26 heavy (non-hydrogen) atoms. The van der Waals surface area contributed by atoms with Gasteiger partial charge in [0, 0.05) is 23.6 Å². The fourth-order valence-corrected chi connectivity index (χ4v) is 5.93. The van der Waals surface area contributed by atoms with Crippen LogP contribution in [0.2, 0.25) is 4.34 Å². The van der Waals surface area contributed by atoms with Crippen LogP contribution < -0.4 is 10.6 Å². The number of amides is 2. The van der Waals surface area contributed by atoms with E-state index >= 15 is 0 Å². The van der Waals surface area contributed by atoms with Gasteiger partial charge < -0.3 is 15.4 Å². The predicted octanol–water partition coefficient (Wildman–Crippen LogP) is 2.89. The molecule has 4 saturated carbocycles. The van der Waals surface area contributed by atoms with Crippen molar-refractivity contribution >= 4 is 35.1 Å². The molecular formula is C17H23ClN4O3S. The normalized spacial score (nSPS) is 31.7. The monoisotopic (exact) mass is 398 g/mol. The van der Waals surface area contributed by atoms with Crippen molar-refractivity contribution < 1.29 is 14.3 Å². The summed E-state index contributed by atoms with van der Waals surface area (Å²) in [6, 6.07) is -0.175. The average Bonchev–Trinajstić information content (AvgIpc) is 2.96. The van der Waals surface area contributed by atoms with Crippen molar-refractivity contribution in [1.82, 2.24) is 20.2 Å². The SMILES string of the molecule is O=C(NCCC(=O)OCc1nnsc1Cl)NC12CC3CC(CC(C3)C1)C2. The Morgan fingerprint density at radius 1 is 1.19 bits per heavy atom. The summed E-state index contributed by atoms with van der Waals surface area (Å²) in [5, 5.41) is 9.79. The summed E-state index contributed by atoms with van der Waals surface area (Å²) < 4.78 is 9.19. The molecule has 9 heteroatoms. The highest BCUT2D eigenvalue weighted by Crippen LogP contribution is 2.55. The first-order valence-corrected chi connectivity index (χ1v) is 10.3. The Labute approximate surface area is 161 Å². The molecule has 4 bridgehead atoms. The molecule has 1 aromatic heterocycles. The second kappa shape index (κ2) is 7.31. The number of esters is 1. The van der Waals surface area contributed by atoms with E-state index in [9.17, 15) is 9.59 Å². The molecule has 7 nitrogen and oxygen atoms in total. The van der Waals surface area contributed by atoms with Gasteiger partial charge in [-0.2, -0.15) is 0 Å². The second-order valence-electron chi connectivity index (χ2n) is 7.98. The molecular weight excluding hydrogens is 376 g/mol. The zero-order valence-corrected chi connectivity index (χ0v) is 16.1. The lowest BCUT2D eigenvalue weighted by Crippen LogP contribution is -2.61. The molecule has 2 N–H and O–H groups in total. The zero-order chi connectivity index (χ0) is 18.1. The molecule has 0 unspecified atom stereocenters. The van der Waals surface area contributed by atoms with Crippen LogP contribution in [0.5, 0.6) is 0 Å². The summed E-state index contributed by atoms with van der Waals surface area (Å²) in [7, 11) is 0. The van der Waals surface area contributed by atoms with E-state index in [-0.39, 0.29) is 31.1 Å². The van der Waals surface area contributed by atoms with Gasteiger partial charge in [-0.15, -0.1) is 5.10 Å². The summed E-state index contributed by atoms with van der Waals surface area (Å²) in [6.45, 7) is 0.258. The molecule has 0 spiro atoms. The van der Waals surface area contributed by atoms with Crippen molar-refractivity contribution in [2.75, 3.05) is 6.54 Å². The number of rotatable bonds is 6. The maximum absolute atomic E-state index is 12.3. The van der Waals surface area contributed by atoms with Crippen molar-refractivity contribution in [3.63, 3.8) is 0 Å². The smallest absolute Gasteiger partial charge is 0.315 e. The molecule has 0 radical (unpaired) electrons. The van der Waals surface area contributed by atoms with Crippen LogP contribution in [0.4, 0.5) is 4.79 Å². The highest BCUT2D eigenvalue weighted by molar-refractivity contribution is 7.10. The number of hydrogen-bond acceptors (Lipinski definition) is 6. The molecule has 5 rings (SSSR count). The van der Waals surface area contributed by atoms with Crippen LogP contribution in [0.15, 0.2) is 0 Å². The van der Waals surface area contributed by atoms with Gasteiger partial charge in [-0.1, -0.05) is 16.1 Å². The summed E-state index contributed by atoms with van der Waals surface area (Å²) in [6.07, 6.45) is 7.46. The maximum Gasteiger partial charge on any atom is 0.315 e. The molecule has 4 aliphatic carbocycles. The quantitative estimate of drug-likeness (QED) is 0.718. The Kier molecular flexibility index (Phi) is 5.05. The van der Waals surface area contributed by atoms with E-state index in [0.29, 0.717) is 10.0 Å². The van der Waals surface area contributed by atoms with Gasteiger partial charge >= 0.3 is 12.0 Å². The predicted molar refractivity (Wildman–Crippen MR) is 96.8 cm³/mol. The molecule has 4 fully saturated rings. The molecule has 0 saturated heterocycles. The van der Waals surface area contributed by atoms with Gasteiger partial charge in [-0.05, 0) is 56.3 Å². The van der Waals surface area contributed by atoms with Gasteiger partial charge in [0.25, 0.3) is 0 Å². The summed E-state index contributed by atoms with van der Waals surface area (Å²) in [4.78, 5) is 24.0. The number of carbonyl (C=O) groups excluding carboxylic acids is 2. The Bertz CT molecular complexity index is 660. The van der Waals surface area contributed by atoms with Crippen molar-refractivity contribution in [1.29, 1.82) is 0 Å². The minimum Gasteiger partial charge on any atom is -0.459 e. The van der Waals surface area contributed by atoms with Crippen LogP contribution >= 0.6 is 23.1 Å². The molecule has 142 valence electrons. The summed E-state index contributed by atoms with van der Waals surface area (Å²) in [5.74, 6) is 1.94. The molecule has 0 aliphatic heterocycles. The molecule has 1 aromatic rings. The van der Waals surface area contributed by atoms with E-state index in [1.807, 2.05) is 0 Å². The maximum atomic E-state index is 12.3. The fourth-order valence-electron chi connectivity index (χ4n) is 5.33. The van der Waals surface area contributed by atoms with Crippen LogP contribution in [0.25, 0.3) is 0 Å². The minimum atomic E-state index is -0.399. The second-order valence-corrected chi connectivity index (χ2v) is 9.34. The third kappa shape index (κ3) is 3.96. The average molecular weight is 399 g/mol. The lowest BCUT2D eigenvalue weighted by atomic mass is 9.53. The largest absolute Gasteiger partial charge is 0.459 e. The van der Waals surface area contributed by atoms with E-state index in [4.69, 9.17) is 16.3 Å². The number of carbonyl (C=O) groups is 2. The standard InChI is InChI=1S/C17H23ClN4O3S/c18-15-13(21-22-26-15)9-25-14(23)1-2-19-16(24)20-17-6-10-3-11(7-17)5-12(4-10)8-17/h10-12H,1-9H2,(H2,19,20,24). The minimum absolute atomic E-state index is 0.00758. The zero-order valence-electron chi connectivity index (χ0n) is 14.5. The number of aromatic nitrogens is 2. The van der Waals surface area contributed by atoms with Gasteiger partial charge in [0.15, 0.2) is 0 Å². The van der Waals surface area contributed by atoms with Crippen molar-refractivity contribution in [2.45, 2.75) is 57.1 Å². The van der Waals surface area contributed by atoms with Gasteiger partial charge in [-0.3, -0.25) is 4.79 Å². The Morgan fingerprint density at radius 2 is 1.85 bits per heavy atom. The molecule has 4 aliphatic rings. The van der Waals surface area contributed by atoms with Crippen LogP contribution in [-0.2, 0) is 16.1 Å². The van der Waals surface area contributed by atoms with E-state index in [1.54, 1.807) is 0 Å². The highest BCUT2D eigenvalue weighted by atomic mass is 35.5. The van der Waals surface area contributed by atoms with Crippen molar-refractivity contribution in [3.05, 3.63) is 10.0 Å². The molecule has 1 heterocycles. The topological polar surface area (TPSA) is 93.2 Å².